The molecule has 1 aromatic heterocycles. The van der Waals surface area contributed by atoms with E-state index < -0.39 is 41.2 Å². The number of nitrogens with zero attached hydrogens (tertiary/aromatic N) is 2. The highest BCUT2D eigenvalue weighted by atomic mass is 35.5. The van der Waals surface area contributed by atoms with E-state index in [4.69, 9.17) is 16.3 Å². The lowest BCUT2D eigenvalue weighted by atomic mass is 9.78. The molecule has 0 saturated heterocycles. The third kappa shape index (κ3) is 6.22. The van der Waals surface area contributed by atoms with Crippen molar-refractivity contribution in [3.05, 3.63) is 76.7 Å². The number of benzene rings is 2. The van der Waals surface area contributed by atoms with Crippen LogP contribution in [0.5, 0.6) is 5.88 Å². The van der Waals surface area contributed by atoms with Crippen LogP contribution in [0.1, 0.15) is 56.2 Å². The molecule has 36 heavy (non-hydrogen) atoms. The van der Waals surface area contributed by atoms with Crippen LogP contribution >= 0.6 is 11.6 Å². The van der Waals surface area contributed by atoms with Crippen molar-refractivity contribution in [2.75, 3.05) is 6.61 Å². The van der Waals surface area contributed by atoms with Crippen LogP contribution in [0.15, 0.2) is 54.6 Å². The van der Waals surface area contributed by atoms with E-state index in [1.54, 1.807) is 37.3 Å². The van der Waals surface area contributed by atoms with Gasteiger partial charge in [0, 0.05) is 11.1 Å². The van der Waals surface area contributed by atoms with Gasteiger partial charge in [-0.3, -0.25) is 9.59 Å². The van der Waals surface area contributed by atoms with Crippen molar-refractivity contribution < 1.29 is 28.9 Å². The lowest BCUT2D eigenvalue weighted by Gasteiger charge is -2.36. The van der Waals surface area contributed by atoms with Gasteiger partial charge in [-0.15, -0.1) is 0 Å². The molecule has 0 aliphatic rings. The predicted octanol–water partition coefficient (Wildman–Crippen LogP) is 4.79. The van der Waals surface area contributed by atoms with Crippen molar-refractivity contribution >= 4 is 23.5 Å². The van der Waals surface area contributed by atoms with Gasteiger partial charge in [0.1, 0.15) is 23.7 Å². The van der Waals surface area contributed by atoms with Crippen molar-refractivity contribution in [3.8, 4) is 11.6 Å². The molecule has 0 radical (unpaired) electrons. The molecule has 0 aliphatic heterocycles. The quantitative estimate of drug-likeness (QED) is 0.376. The SMILES string of the molecule is CC(C)(C)[C@@](C)(O)COc1cc(C(=O)N[C@@H](CC(=O)O)c2ccccc2Cl)nn1-c1ccccc1F. The number of aliphatic carboxylic acids is 1. The molecule has 3 aromatic rings. The number of hydrogen-bond donors (Lipinski definition) is 3. The van der Waals surface area contributed by atoms with Gasteiger partial charge in [0.15, 0.2) is 5.69 Å². The number of ether oxygens (including phenoxy) is 1. The summed E-state index contributed by atoms with van der Waals surface area (Å²) in [6, 6.07) is 12.8. The molecule has 1 heterocycles. The number of nitrogens with one attached hydrogen (secondary N) is 1. The minimum Gasteiger partial charge on any atom is -0.481 e. The van der Waals surface area contributed by atoms with E-state index in [2.05, 4.69) is 10.4 Å². The highest BCUT2D eigenvalue weighted by Crippen LogP contribution is 2.32. The first-order valence-electron chi connectivity index (χ1n) is 11.3. The Balaban J connectivity index is 1.97. The van der Waals surface area contributed by atoms with E-state index in [1.165, 1.54) is 24.3 Å². The predicted molar refractivity (Wildman–Crippen MR) is 133 cm³/mol. The van der Waals surface area contributed by atoms with Gasteiger partial charge in [-0.2, -0.15) is 9.78 Å². The fourth-order valence-corrected chi connectivity index (χ4v) is 3.48. The molecule has 8 nitrogen and oxygen atoms in total. The average Bonchev–Trinajstić information content (AvgIpc) is 3.21. The van der Waals surface area contributed by atoms with Gasteiger partial charge in [0.2, 0.25) is 5.88 Å². The number of carboxylic acids is 1. The van der Waals surface area contributed by atoms with Gasteiger partial charge in [-0.25, -0.2) is 4.39 Å². The molecule has 0 bridgehead atoms. The maximum absolute atomic E-state index is 14.6. The molecule has 3 rings (SSSR count). The number of amides is 1. The Morgan fingerprint density at radius 2 is 1.78 bits per heavy atom. The molecule has 1 amide bonds. The molecule has 2 aromatic carbocycles. The van der Waals surface area contributed by atoms with Crippen molar-refractivity contribution in [1.82, 2.24) is 15.1 Å². The topological polar surface area (TPSA) is 114 Å². The van der Waals surface area contributed by atoms with E-state index >= 15 is 0 Å². The summed E-state index contributed by atoms with van der Waals surface area (Å²) in [7, 11) is 0. The summed E-state index contributed by atoms with van der Waals surface area (Å²) in [5, 5.41) is 27.4. The van der Waals surface area contributed by atoms with Gasteiger partial charge in [0.25, 0.3) is 5.91 Å². The summed E-state index contributed by atoms with van der Waals surface area (Å²) < 4.78 is 21.6. The summed E-state index contributed by atoms with van der Waals surface area (Å²) in [5.74, 6) is -2.41. The van der Waals surface area contributed by atoms with E-state index in [0.717, 1.165) is 4.68 Å². The number of halogens is 2. The Morgan fingerprint density at radius 1 is 1.14 bits per heavy atom. The molecule has 3 N–H and O–H groups in total. The third-order valence-electron chi connectivity index (χ3n) is 6.07. The number of carbonyl (C=O) groups is 2. The smallest absolute Gasteiger partial charge is 0.305 e. The number of aliphatic hydroxyl groups is 1. The summed E-state index contributed by atoms with van der Waals surface area (Å²) in [5.41, 5.74) is -1.45. The zero-order valence-corrected chi connectivity index (χ0v) is 21.2. The lowest BCUT2D eigenvalue weighted by Crippen LogP contribution is -2.45. The number of aromatic nitrogens is 2. The first kappa shape index (κ1) is 27.2. The normalized spacial score (nSPS) is 14.1. The molecule has 10 heteroatoms. The second kappa shape index (κ2) is 10.7. The van der Waals surface area contributed by atoms with E-state index in [-0.39, 0.29) is 23.9 Å². The lowest BCUT2D eigenvalue weighted by molar-refractivity contribution is -0.137. The van der Waals surface area contributed by atoms with Crippen LogP contribution in [0.4, 0.5) is 4.39 Å². The van der Waals surface area contributed by atoms with Gasteiger partial charge in [-0.05, 0) is 36.1 Å². The van der Waals surface area contributed by atoms with Crippen molar-refractivity contribution in [1.29, 1.82) is 0 Å². The molecule has 2 atom stereocenters. The molecule has 0 spiro atoms. The number of rotatable bonds is 9. The van der Waals surface area contributed by atoms with Gasteiger partial charge in [0.05, 0.1) is 12.5 Å². The second-order valence-corrected chi connectivity index (χ2v) is 10.1. The second-order valence-electron chi connectivity index (χ2n) is 9.69. The van der Waals surface area contributed by atoms with Gasteiger partial charge >= 0.3 is 5.97 Å². The largest absolute Gasteiger partial charge is 0.481 e. The highest BCUT2D eigenvalue weighted by Gasteiger charge is 2.36. The Labute approximate surface area is 213 Å². The molecule has 0 saturated carbocycles. The van der Waals surface area contributed by atoms with E-state index in [9.17, 15) is 24.2 Å². The first-order chi connectivity index (χ1) is 16.8. The van der Waals surface area contributed by atoms with Gasteiger partial charge < -0.3 is 20.3 Å². The van der Waals surface area contributed by atoms with Crippen molar-refractivity contribution in [3.63, 3.8) is 0 Å². The zero-order chi connectivity index (χ0) is 26.7. The van der Waals surface area contributed by atoms with E-state index in [1.807, 2.05) is 20.8 Å². The van der Waals surface area contributed by atoms with Crippen LogP contribution in [0.2, 0.25) is 5.02 Å². The standard InChI is InChI=1S/C26H29ClFN3O5/c1-25(2,3)26(4,35)15-36-22-13-20(30-31(22)21-12-8-7-11-18(21)28)24(34)29-19(14-23(32)33)16-9-5-6-10-17(16)27/h5-13,19,35H,14-15H2,1-4H3,(H,29,34)(H,32,33)/t19-,26-/m0/s1. The summed E-state index contributed by atoms with van der Waals surface area (Å²) in [6.45, 7) is 7.01. The fraction of sp³-hybridized carbons (Fsp3) is 0.346. The van der Waals surface area contributed by atoms with Crippen LogP contribution in [0, 0.1) is 11.2 Å². The molecule has 0 unspecified atom stereocenters. The monoisotopic (exact) mass is 517 g/mol. The van der Waals surface area contributed by atoms with E-state index in [0.29, 0.717) is 10.6 Å². The first-order valence-corrected chi connectivity index (χ1v) is 11.6. The molecule has 192 valence electrons. The van der Waals surface area contributed by atoms with Crippen molar-refractivity contribution in [2.24, 2.45) is 5.41 Å². The van der Waals surface area contributed by atoms with Gasteiger partial charge in [-0.1, -0.05) is 62.7 Å². The minimum absolute atomic E-state index is 0.0299. The van der Waals surface area contributed by atoms with Crippen LogP contribution in [0.3, 0.4) is 0 Å². The van der Waals surface area contributed by atoms with Crippen LogP contribution in [-0.4, -0.2) is 44.1 Å². The average molecular weight is 518 g/mol. The Bertz CT molecular complexity index is 1250. The van der Waals surface area contributed by atoms with Crippen LogP contribution in [0.25, 0.3) is 5.69 Å². The Morgan fingerprint density at radius 3 is 2.39 bits per heavy atom. The molecule has 0 fully saturated rings. The zero-order valence-electron chi connectivity index (χ0n) is 20.5. The summed E-state index contributed by atoms with van der Waals surface area (Å²) in [4.78, 5) is 24.6. The maximum Gasteiger partial charge on any atom is 0.305 e. The maximum atomic E-state index is 14.6. The Kier molecular flexibility index (Phi) is 8.05. The minimum atomic E-state index is -1.25. The number of carbonyl (C=O) groups excluding carboxylic acids is 1. The summed E-state index contributed by atoms with van der Waals surface area (Å²) >= 11 is 6.23. The Hall–Kier alpha value is -3.43. The van der Waals surface area contributed by atoms with Crippen LogP contribution < -0.4 is 10.1 Å². The number of para-hydroxylation sites is 1. The van der Waals surface area contributed by atoms with Crippen molar-refractivity contribution in [2.45, 2.75) is 45.8 Å². The number of hydrogen-bond acceptors (Lipinski definition) is 5. The highest BCUT2D eigenvalue weighted by molar-refractivity contribution is 6.31. The van der Waals surface area contributed by atoms with Crippen LogP contribution in [-0.2, 0) is 4.79 Å². The molecular formula is C26H29ClFN3O5. The molecular weight excluding hydrogens is 489 g/mol. The number of carboxylic acid groups (broad SMARTS) is 1. The summed E-state index contributed by atoms with van der Waals surface area (Å²) in [6.07, 6.45) is -0.415. The fourth-order valence-electron chi connectivity index (χ4n) is 3.21. The molecule has 0 aliphatic carbocycles. The third-order valence-corrected chi connectivity index (χ3v) is 6.42.